The van der Waals surface area contributed by atoms with E-state index >= 15 is 0 Å². The van der Waals surface area contributed by atoms with Gasteiger partial charge in [0.15, 0.2) is 0 Å². The lowest BCUT2D eigenvalue weighted by Crippen LogP contribution is -2.32. The first-order chi connectivity index (χ1) is 8.76. The molecule has 0 saturated carbocycles. The molecule has 0 aliphatic carbocycles. The Hall–Kier alpha value is -1.55. The number of ether oxygens (including phenoxy) is 1. The summed E-state index contributed by atoms with van der Waals surface area (Å²) in [6.45, 7) is 7.97. The molecule has 4 heteroatoms. The van der Waals surface area contributed by atoms with Gasteiger partial charge in [-0.05, 0) is 45.2 Å². The largest absolute Gasteiger partial charge is 0.444 e. The zero-order valence-corrected chi connectivity index (χ0v) is 12.2. The molecular weight excluding hydrogens is 240 g/mol. The van der Waals surface area contributed by atoms with Crippen LogP contribution in [-0.2, 0) is 17.7 Å². The monoisotopic (exact) mass is 264 g/mol. The van der Waals surface area contributed by atoms with Gasteiger partial charge in [-0.3, -0.25) is 0 Å². The molecule has 1 rings (SSSR count). The van der Waals surface area contributed by atoms with Crippen LogP contribution in [0.1, 0.15) is 38.8 Å². The highest BCUT2D eigenvalue weighted by molar-refractivity contribution is 5.67. The molecule has 1 amide bonds. The molecule has 1 aromatic carbocycles. The van der Waals surface area contributed by atoms with Crippen molar-refractivity contribution in [2.24, 2.45) is 5.73 Å². The van der Waals surface area contributed by atoms with Crippen molar-refractivity contribution in [3.63, 3.8) is 0 Å². The first kappa shape index (κ1) is 15.5. The summed E-state index contributed by atoms with van der Waals surface area (Å²) >= 11 is 0. The molecule has 1 atom stereocenters. The van der Waals surface area contributed by atoms with Gasteiger partial charge in [-0.15, -0.1) is 0 Å². The Morgan fingerprint density at radius 1 is 1.37 bits per heavy atom. The van der Waals surface area contributed by atoms with Gasteiger partial charge in [0.05, 0.1) is 0 Å². The highest BCUT2D eigenvalue weighted by Crippen LogP contribution is 2.09. The van der Waals surface area contributed by atoms with E-state index in [-0.39, 0.29) is 6.04 Å². The van der Waals surface area contributed by atoms with Gasteiger partial charge in [0, 0.05) is 12.6 Å². The molecule has 0 aliphatic heterocycles. The molecule has 3 N–H and O–H groups in total. The summed E-state index contributed by atoms with van der Waals surface area (Å²) in [5.74, 6) is 0. The summed E-state index contributed by atoms with van der Waals surface area (Å²) in [5, 5.41) is 2.74. The predicted molar refractivity (Wildman–Crippen MR) is 76.9 cm³/mol. The molecular formula is C15H24N2O2. The van der Waals surface area contributed by atoms with E-state index in [0.717, 1.165) is 12.0 Å². The summed E-state index contributed by atoms with van der Waals surface area (Å²) in [6.07, 6.45) is 0.436. The lowest BCUT2D eigenvalue weighted by molar-refractivity contribution is 0.0523. The second-order valence-corrected chi connectivity index (χ2v) is 5.86. The Morgan fingerprint density at radius 3 is 2.58 bits per heavy atom. The summed E-state index contributed by atoms with van der Waals surface area (Å²) in [6, 6.07) is 8.18. The average molecular weight is 264 g/mol. The van der Waals surface area contributed by atoms with Gasteiger partial charge in [0.1, 0.15) is 5.60 Å². The van der Waals surface area contributed by atoms with Gasteiger partial charge in [0.25, 0.3) is 0 Å². The number of alkyl carbamates (subject to hydrolysis) is 1. The first-order valence-corrected chi connectivity index (χ1v) is 6.56. The maximum Gasteiger partial charge on any atom is 0.407 e. The van der Waals surface area contributed by atoms with Crippen molar-refractivity contribution in [2.45, 2.75) is 52.3 Å². The van der Waals surface area contributed by atoms with Crippen LogP contribution in [0.4, 0.5) is 4.79 Å². The fourth-order valence-electron chi connectivity index (χ4n) is 1.73. The van der Waals surface area contributed by atoms with Gasteiger partial charge < -0.3 is 15.8 Å². The summed E-state index contributed by atoms with van der Waals surface area (Å²) in [4.78, 5) is 11.5. The van der Waals surface area contributed by atoms with Crippen LogP contribution in [0, 0.1) is 0 Å². The third-order valence-corrected chi connectivity index (χ3v) is 2.38. The number of hydrogen-bond acceptors (Lipinski definition) is 3. The minimum Gasteiger partial charge on any atom is -0.444 e. The van der Waals surface area contributed by atoms with E-state index in [1.165, 1.54) is 5.56 Å². The fourth-order valence-corrected chi connectivity index (χ4v) is 1.73. The first-order valence-electron chi connectivity index (χ1n) is 6.56. The smallest absolute Gasteiger partial charge is 0.407 e. The van der Waals surface area contributed by atoms with Crippen molar-refractivity contribution < 1.29 is 9.53 Å². The average Bonchev–Trinajstić information content (AvgIpc) is 2.23. The molecule has 0 saturated heterocycles. The van der Waals surface area contributed by atoms with Crippen LogP contribution in [0.2, 0.25) is 0 Å². The standard InChI is InChI=1S/C15H24N2O2/c1-11(16)8-12-6-5-7-13(9-12)10-17-14(18)19-15(2,3)4/h5-7,9,11H,8,10,16H2,1-4H3,(H,17,18). The van der Waals surface area contributed by atoms with E-state index in [9.17, 15) is 4.79 Å². The van der Waals surface area contributed by atoms with Gasteiger partial charge in [0.2, 0.25) is 0 Å². The molecule has 0 heterocycles. The molecule has 1 unspecified atom stereocenters. The van der Waals surface area contributed by atoms with Gasteiger partial charge in [-0.2, -0.15) is 0 Å². The fraction of sp³-hybridized carbons (Fsp3) is 0.533. The Kier molecular flexibility index (Phi) is 5.36. The van der Waals surface area contributed by atoms with Crippen molar-refractivity contribution in [3.05, 3.63) is 35.4 Å². The molecule has 0 aromatic heterocycles. The lowest BCUT2D eigenvalue weighted by atomic mass is 10.0. The lowest BCUT2D eigenvalue weighted by Gasteiger charge is -2.19. The Labute approximate surface area is 115 Å². The van der Waals surface area contributed by atoms with Crippen LogP contribution >= 0.6 is 0 Å². The van der Waals surface area contributed by atoms with Crippen LogP contribution in [-0.4, -0.2) is 17.7 Å². The zero-order valence-electron chi connectivity index (χ0n) is 12.2. The van der Waals surface area contributed by atoms with E-state index in [0.29, 0.717) is 6.54 Å². The molecule has 106 valence electrons. The molecule has 0 radical (unpaired) electrons. The summed E-state index contributed by atoms with van der Waals surface area (Å²) in [5.41, 5.74) is 7.53. The van der Waals surface area contributed by atoms with Gasteiger partial charge in [-0.1, -0.05) is 24.3 Å². The van der Waals surface area contributed by atoms with Crippen molar-refractivity contribution in [3.8, 4) is 0 Å². The van der Waals surface area contributed by atoms with Crippen molar-refractivity contribution in [1.82, 2.24) is 5.32 Å². The SMILES string of the molecule is CC(N)Cc1cccc(CNC(=O)OC(C)(C)C)c1. The predicted octanol–water partition coefficient (Wildman–Crippen LogP) is 2.60. The van der Waals surface area contributed by atoms with E-state index in [1.807, 2.05) is 45.9 Å². The molecule has 19 heavy (non-hydrogen) atoms. The summed E-state index contributed by atoms with van der Waals surface area (Å²) in [7, 11) is 0. The van der Waals surface area contributed by atoms with E-state index < -0.39 is 11.7 Å². The second kappa shape index (κ2) is 6.57. The normalized spacial score (nSPS) is 12.9. The summed E-state index contributed by atoms with van der Waals surface area (Å²) < 4.78 is 5.18. The minimum atomic E-state index is -0.471. The van der Waals surface area contributed by atoms with Crippen LogP contribution in [0.3, 0.4) is 0 Å². The zero-order chi connectivity index (χ0) is 14.5. The molecule has 0 aliphatic rings. The Morgan fingerprint density at radius 2 is 2.00 bits per heavy atom. The molecule has 4 nitrogen and oxygen atoms in total. The van der Waals surface area contributed by atoms with Crippen LogP contribution < -0.4 is 11.1 Å². The number of carbonyl (C=O) groups is 1. The Balaban J connectivity index is 2.51. The van der Waals surface area contributed by atoms with E-state index in [1.54, 1.807) is 0 Å². The highest BCUT2D eigenvalue weighted by Gasteiger charge is 2.15. The number of amides is 1. The third-order valence-electron chi connectivity index (χ3n) is 2.38. The topological polar surface area (TPSA) is 64.3 Å². The van der Waals surface area contributed by atoms with Crippen LogP contribution in [0.25, 0.3) is 0 Å². The van der Waals surface area contributed by atoms with Gasteiger partial charge >= 0.3 is 6.09 Å². The number of hydrogen-bond donors (Lipinski definition) is 2. The molecule has 0 bridgehead atoms. The second-order valence-electron chi connectivity index (χ2n) is 5.86. The van der Waals surface area contributed by atoms with E-state index in [4.69, 9.17) is 10.5 Å². The third kappa shape index (κ3) is 6.82. The number of rotatable bonds is 4. The number of carbonyl (C=O) groups excluding carboxylic acids is 1. The number of nitrogens with one attached hydrogen (secondary N) is 1. The molecule has 0 fully saturated rings. The molecule has 0 spiro atoms. The van der Waals surface area contributed by atoms with Crippen molar-refractivity contribution in [1.29, 1.82) is 0 Å². The minimum absolute atomic E-state index is 0.133. The van der Waals surface area contributed by atoms with Crippen LogP contribution in [0.5, 0.6) is 0 Å². The highest BCUT2D eigenvalue weighted by atomic mass is 16.6. The maximum atomic E-state index is 11.5. The van der Waals surface area contributed by atoms with Crippen LogP contribution in [0.15, 0.2) is 24.3 Å². The maximum absolute atomic E-state index is 11.5. The Bertz CT molecular complexity index is 422. The van der Waals surface area contributed by atoms with Crippen molar-refractivity contribution >= 4 is 6.09 Å². The van der Waals surface area contributed by atoms with E-state index in [2.05, 4.69) is 11.4 Å². The molecule has 1 aromatic rings. The number of benzene rings is 1. The quantitative estimate of drug-likeness (QED) is 0.878. The van der Waals surface area contributed by atoms with Crippen molar-refractivity contribution in [2.75, 3.05) is 0 Å². The number of nitrogens with two attached hydrogens (primary N) is 1. The van der Waals surface area contributed by atoms with Gasteiger partial charge in [-0.25, -0.2) is 4.79 Å².